The highest BCUT2D eigenvalue weighted by Crippen LogP contribution is 2.04. The molecule has 0 saturated heterocycles. The van der Waals surface area contributed by atoms with Crippen molar-refractivity contribution in [3.8, 4) is 0 Å². The van der Waals surface area contributed by atoms with Gasteiger partial charge in [-0.15, -0.1) is 0 Å². The minimum atomic E-state index is -0.347. The second kappa shape index (κ2) is 8.92. The fraction of sp³-hybridized carbons (Fsp3) is 0.316. The highest BCUT2D eigenvalue weighted by Gasteiger charge is 2.12. The van der Waals surface area contributed by atoms with E-state index in [1.807, 2.05) is 13.8 Å². The largest absolute Gasteiger partial charge is 0.350 e. The summed E-state index contributed by atoms with van der Waals surface area (Å²) in [5.74, 6) is -0.596. The maximum Gasteiger partial charge on any atom is 0.269 e. The Bertz CT molecular complexity index is 730. The number of benzene rings is 1. The number of aromatic nitrogens is 1. The lowest BCUT2D eigenvalue weighted by Gasteiger charge is -2.08. The van der Waals surface area contributed by atoms with Crippen molar-refractivity contribution in [2.75, 3.05) is 13.1 Å². The van der Waals surface area contributed by atoms with Crippen molar-refractivity contribution < 1.29 is 14.0 Å². The van der Waals surface area contributed by atoms with E-state index in [4.69, 9.17) is 0 Å². The molecule has 2 amide bonds. The van der Waals surface area contributed by atoms with Crippen LogP contribution in [0.25, 0.3) is 0 Å². The van der Waals surface area contributed by atoms with Gasteiger partial charge in [-0.3, -0.25) is 9.59 Å². The van der Waals surface area contributed by atoms with Crippen LogP contribution in [0.15, 0.2) is 42.5 Å². The summed E-state index contributed by atoms with van der Waals surface area (Å²) < 4.78 is 12.8. The average molecular weight is 343 g/mol. The highest BCUT2D eigenvalue weighted by atomic mass is 19.1. The molecule has 132 valence electrons. The van der Waals surface area contributed by atoms with Crippen LogP contribution in [0.5, 0.6) is 0 Å². The minimum absolute atomic E-state index is 0.191. The lowest BCUT2D eigenvalue weighted by Crippen LogP contribution is -2.30. The summed E-state index contributed by atoms with van der Waals surface area (Å²) in [5.41, 5.74) is 1.33. The first-order valence-electron chi connectivity index (χ1n) is 8.23. The third-order valence-electron chi connectivity index (χ3n) is 3.50. The van der Waals surface area contributed by atoms with Crippen LogP contribution in [0.2, 0.25) is 0 Å². The van der Waals surface area contributed by atoms with Gasteiger partial charge in [-0.1, -0.05) is 32.0 Å². The smallest absolute Gasteiger partial charge is 0.269 e. The van der Waals surface area contributed by atoms with Gasteiger partial charge in [-0.2, -0.15) is 0 Å². The molecule has 0 aliphatic carbocycles. The van der Waals surface area contributed by atoms with E-state index in [-0.39, 0.29) is 29.0 Å². The van der Waals surface area contributed by atoms with Crippen LogP contribution >= 0.6 is 0 Å². The lowest BCUT2D eigenvalue weighted by atomic mass is 10.1. The van der Waals surface area contributed by atoms with Crippen molar-refractivity contribution in [1.29, 1.82) is 0 Å². The second-order valence-corrected chi connectivity index (χ2v) is 6.14. The number of halogens is 1. The fourth-order valence-corrected chi connectivity index (χ4v) is 2.14. The number of hydrogen-bond acceptors (Lipinski definition) is 3. The Morgan fingerprint density at radius 2 is 1.60 bits per heavy atom. The first-order chi connectivity index (χ1) is 12.0. The molecule has 6 heteroatoms. The SMILES string of the molecule is CC(C)CNC(=O)c1cccc(C(=O)NCCc2ccc(F)cc2)n1. The molecule has 0 radical (unpaired) electrons. The molecule has 0 unspecified atom stereocenters. The monoisotopic (exact) mass is 343 g/mol. The molecule has 0 aliphatic heterocycles. The van der Waals surface area contributed by atoms with Crippen LogP contribution in [0, 0.1) is 11.7 Å². The molecule has 1 aromatic carbocycles. The zero-order valence-electron chi connectivity index (χ0n) is 14.4. The Hall–Kier alpha value is -2.76. The van der Waals surface area contributed by atoms with Crippen LogP contribution in [-0.4, -0.2) is 29.9 Å². The van der Waals surface area contributed by atoms with E-state index in [0.29, 0.717) is 25.4 Å². The molecule has 0 bridgehead atoms. The Morgan fingerprint density at radius 1 is 1.00 bits per heavy atom. The highest BCUT2D eigenvalue weighted by molar-refractivity contribution is 5.96. The van der Waals surface area contributed by atoms with E-state index in [1.165, 1.54) is 12.1 Å². The number of rotatable bonds is 7. The molecule has 2 aromatic rings. The van der Waals surface area contributed by atoms with E-state index in [1.54, 1.807) is 30.3 Å². The van der Waals surface area contributed by atoms with Gasteiger partial charge in [0.25, 0.3) is 11.8 Å². The van der Waals surface area contributed by atoms with E-state index >= 15 is 0 Å². The Labute approximate surface area is 146 Å². The number of amides is 2. The van der Waals surface area contributed by atoms with Gasteiger partial charge in [-0.05, 0) is 42.2 Å². The predicted octanol–water partition coefficient (Wildman–Crippen LogP) is 2.58. The van der Waals surface area contributed by atoms with Gasteiger partial charge in [0.1, 0.15) is 17.2 Å². The van der Waals surface area contributed by atoms with E-state index < -0.39 is 0 Å². The first kappa shape index (κ1) is 18.6. The average Bonchev–Trinajstić information content (AvgIpc) is 2.61. The van der Waals surface area contributed by atoms with Crippen molar-refractivity contribution in [2.45, 2.75) is 20.3 Å². The van der Waals surface area contributed by atoms with Crippen LogP contribution in [-0.2, 0) is 6.42 Å². The number of nitrogens with one attached hydrogen (secondary N) is 2. The normalized spacial score (nSPS) is 10.6. The maximum absolute atomic E-state index is 12.8. The molecular weight excluding hydrogens is 321 g/mol. The molecule has 0 spiro atoms. The summed E-state index contributed by atoms with van der Waals surface area (Å²) in [4.78, 5) is 28.3. The molecule has 25 heavy (non-hydrogen) atoms. The molecule has 0 atom stereocenters. The van der Waals surface area contributed by atoms with Gasteiger partial charge < -0.3 is 10.6 Å². The molecule has 0 saturated carbocycles. The van der Waals surface area contributed by atoms with E-state index in [0.717, 1.165) is 5.56 Å². The van der Waals surface area contributed by atoms with Gasteiger partial charge in [0, 0.05) is 13.1 Å². The molecule has 1 aromatic heterocycles. The van der Waals surface area contributed by atoms with Crippen LogP contribution in [0.1, 0.15) is 40.4 Å². The van der Waals surface area contributed by atoms with Crippen molar-refractivity contribution in [2.24, 2.45) is 5.92 Å². The van der Waals surface area contributed by atoms with Crippen LogP contribution < -0.4 is 10.6 Å². The molecule has 0 fully saturated rings. The summed E-state index contributed by atoms with van der Waals surface area (Å²) in [6.07, 6.45) is 0.584. The number of nitrogens with zero attached hydrogens (tertiary/aromatic N) is 1. The van der Waals surface area contributed by atoms with Gasteiger partial charge in [0.2, 0.25) is 0 Å². The molecule has 2 rings (SSSR count). The summed E-state index contributed by atoms with van der Waals surface area (Å²) in [6, 6.07) is 10.9. The topological polar surface area (TPSA) is 71.1 Å². The molecular formula is C19H22FN3O2. The first-order valence-corrected chi connectivity index (χ1v) is 8.23. The fourth-order valence-electron chi connectivity index (χ4n) is 2.14. The number of carbonyl (C=O) groups excluding carboxylic acids is 2. The maximum atomic E-state index is 12.8. The summed E-state index contributed by atoms with van der Waals surface area (Å²) in [6.45, 7) is 4.95. The number of pyridine rings is 1. The van der Waals surface area contributed by atoms with Gasteiger partial charge in [0.05, 0.1) is 0 Å². The van der Waals surface area contributed by atoms with Crippen LogP contribution in [0.4, 0.5) is 4.39 Å². The van der Waals surface area contributed by atoms with Gasteiger partial charge in [-0.25, -0.2) is 9.37 Å². The predicted molar refractivity (Wildman–Crippen MR) is 93.8 cm³/mol. The second-order valence-electron chi connectivity index (χ2n) is 6.14. The Balaban J connectivity index is 1.89. The molecule has 2 N–H and O–H groups in total. The van der Waals surface area contributed by atoms with Crippen molar-refractivity contribution in [1.82, 2.24) is 15.6 Å². The summed E-state index contributed by atoms with van der Waals surface area (Å²) >= 11 is 0. The molecule has 1 heterocycles. The van der Waals surface area contributed by atoms with E-state index in [2.05, 4.69) is 15.6 Å². The Kier molecular flexibility index (Phi) is 6.62. The molecule has 5 nitrogen and oxygen atoms in total. The third kappa shape index (κ3) is 5.99. The van der Waals surface area contributed by atoms with Gasteiger partial charge >= 0.3 is 0 Å². The number of hydrogen-bond donors (Lipinski definition) is 2. The molecule has 0 aliphatic rings. The van der Waals surface area contributed by atoms with E-state index in [9.17, 15) is 14.0 Å². The third-order valence-corrected chi connectivity index (χ3v) is 3.50. The summed E-state index contributed by atoms with van der Waals surface area (Å²) in [7, 11) is 0. The quantitative estimate of drug-likeness (QED) is 0.812. The van der Waals surface area contributed by atoms with Crippen molar-refractivity contribution in [3.63, 3.8) is 0 Å². The standard InChI is InChI=1S/C19H22FN3O2/c1-13(2)12-22-19(25)17-5-3-4-16(23-17)18(24)21-11-10-14-6-8-15(20)9-7-14/h3-9,13H,10-12H2,1-2H3,(H,21,24)(H,22,25). The number of carbonyl (C=O) groups is 2. The Morgan fingerprint density at radius 3 is 2.20 bits per heavy atom. The van der Waals surface area contributed by atoms with Crippen molar-refractivity contribution >= 4 is 11.8 Å². The zero-order valence-corrected chi connectivity index (χ0v) is 14.4. The van der Waals surface area contributed by atoms with Gasteiger partial charge in [0.15, 0.2) is 0 Å². The van der Waals surface area contributed by atoms with Crippen molar-refractivity contribution in [3.05, 3.63) is 65.2 Å². The lowest BCUT2D eigenvalue weighted by molar-refractivity contribution is 0.0941. The zero-order chi connectivity index (χ0) is 18.2. The minimum Gasteiger partial charge on any atom is -0.350 e. The van der Waals surface area contributed by atoms with Crippen LogP contribution in [0.3, 0.4) is 0 Å². The summed E-state index contributed by atoms with van der Waals surface area (Å²) in [5, 5.41) is 5.52.